The maximum Gasteiger partial charge on any atom is 0.257 e. The molecule has 1 unspecified atom stereocenters. The monoisotopic (exact) mass is 494 g/mol. The normalized spacial score (nSPS) is 14.8. The minimum atomic E-state index is -0.393. The average Bonchev–Trinajstić information content (AvgIpc) is 2.86. The third-order valence-electron chi connectivity index (χ3n) is 6.47. The Morgan fingerprint density at radius 2 is 1.71 bits per heavy atom. The van der Waals surface area contributed by atoms with E-state index in [9.17, 15) is 14.0 Å². The third-order valence-corrected chi connectivity index (χ3v) is 7.60. The second-order valence-electron chi connectivity index (χ2n) is 9.01. The maximum atomic E-state index is 14.1. The predicted molar refractivity (Wildman–Crippen MR) is 139 cm³/mol. The Morgan fingerprint density at radius 3 is 2.37 bits per heavy atom. The van der Waals surface area contributed by atoms with Gasteiger partial charge in [0.25, 0.3) is 5.56 Å². The van der Waals surface area contributed by atoms with Crippen LogP contribution < -0.4 is 10.5 Å². The van der Waals surface area contributed by atoms with Gasteiger partial charge in [-0.1, -0.05) is 53.7 Å². The van der Waals surface area contributed by atoms with Gasteiger partial charge in [-0.2, -0.15) is 0 Å². The molecule has 1 aromatic heterocycles. The van der Waals surface area contributed by atoms with Crippen molar-refractivity contribution in [3.63, 3.8) is 0 Å². The molecule has 2 heterocycles. The maximum absolute atomic E-state index is 14.1. The molecule has 184 valence electrons. The zero-order valence-corrected chi connectivity index (χ0v) is 21.4. The molecule has 1 fully saturated rings. The molecule has 0 N–H and O–H groups in total. The van der Waals surface area contributed by atoms with Crippen LogP contribution in [0, 0.1) is 19.7 Å². The summed E-state index contributed by atoms with van der Waals surface area (Å²) in [6.07, 6.45) is 0.525. The molecular weight excluding hydrogens is 463 g/mol. The lowest BCUT2D eigenvalue weighted by Crippen LogP contribution is -2.51. The van der Waals surface area contributed by atoms with E-state index in [1.165, 1.54) is 23.4 Å². The summed E-state index contributed by atoms with van der Waals surface area (Å²) in [6, 6.07) is 14.9. The standard InChI is InChI=1S/C27H31FN4O2S/c1-18-9-11-21(12-10-18)17-22-19(2)29-27(30(4)26(22)34)35-20(3)25(33)32-15-13-31(14-16-32)24-8-6-5-7-23(24)28/h5-12,20H,13-17H2,1-4H3. The lowest BCUT2D eigenvalue weighted by atomic mass is 10.0. The zero-order chi connectivity index (χ0) is 25.1. The Balaban J connectivity index is 1.41. The third kappa shape index (κ3) is 5.59. The minimum absolute atomic E-state index is 0.00109. The Morgan fingerprint density at radius 1 is 1.06 bits per heavy atom. The Hall–Kier alpha value is -3.13. The number of piperazine rings is 1. The number of benzene rings is 2. The number of thioether (sulfide) groups is 1. The number of hydrogen-bond donors (Lipinski definition) is 0. The molecule has 0 spiro atoms. The van der Waals surface area contributed by atoms with Gasteiger partial charge in [0, 0.05) is 50.9 Å². The number of anilines is 1. The summed E-state index contributed by atoms with van der Waals surface area (Å²) in [4.78, 5) is 34.7. The number of rotatable bonds is 6. The molecular formula is C27H31FN4O2S. The fourth-order valence-electron chi connectivity index (χ4n) is 4.29. The van der Waals surface area contributed by atoms with Crippen molar-refractivity contribution in [3.8, 4) is 0 Å². The summed E-state index contributed by atoms with van der Waals surface area (Å²) in [6.45, 7) is 7.94. The van der Waals surface area contributed by atoms with Crippen molar-refractivity contribution < 1.29 is 9.18 Å². The molecule has 4 rings (SSSR count). The highest BCUT2D eigenvalue weighted by Crippen LogP contribution is 2.25. The van der Waals surface area contributed by atoms with Crippen molar-refractivity contribution in [3.05, 3.63) is 87.1 Å². The second kappa shape index (κ2) is 10.6. The van der Waals surface area contributed by atoms with E-state index in [0.29, 0.717) is 54.7 Å². The SMILES string of the molecule is Cc1ccc(Cc2c(C)nc(SC(C)C(=O)N3CCN(c4ccccc4F)CC3)n(C)c2=O)cc1. The molecule has 2 aromatic carbocycles. The largest absolute Gasteiger partial charge is 0.366 e. The summed E-state index contributed by atoms with van der Waals surface area (Å²) in [5, 5.41) is 0.140. The van der Waals surface area contributed by atoms with Gasteiger partial charge >= 0.3 is 0 Å². The molecule has 0 radical (unpaired) electrons. The average molecular weight is 495 g/mol. The smallest absolute Gasteiger partial charge is 0.257 e. The van der Waals surface area contributed by atoms with E-state index < -0.39 is 5.25 Å². The highest BCUT2D eigenvalue weighted by molar-refractivity contribution is 8.00. The van der Waals surface area contributed by atoms with Crippen LogP contribution in [0.3, 0.4) is 0 Å². The number of aryl methyl sites for hydroxylation is 2. The van der Waals surface area contributed by atoms with Crippen LogP contribution in [0.25, 0.3) is 0 Å². The van der Waals surface area contributed by atoms with Crippen molar-refractivity contribution >= 4 is 23.4 Å². The number of hydrogen-bond acceptors (Lipinski definition) is 5. The van der Waals surface area contributed by atoms with E-state index in [4.69, 9.17) is 0 Å². The van der Waals surface area contributed by atoms with Crippen LogP contribution in [-0.4, -0.2) is 51.8 Å². The Bertz CT molecular complexity index is 1270. The van der Waals surface area contributed by atoms with E-state index in [2.05, 4.69) is 4.98 Å². The fraction of sp³-hybridized carbons (Fsp3) is 0.370. The van der Waals surface area contributed by atoms with Gasteiger partial charge in [-0.15, -0.1) is 0 Å². The van der Waals surface area contributed by atoms with Crippen LogP contribution in [0.4, 0.5) is 10.1 Å². The van der Waals surface area contributed by atoms with Gasteiger partial charge in [0.05, 0.1) is 10.9 Å². The van der Waals surface area contributed by atoms with Gasteiger partial charge in [-0.25, -0.2) is 9.37 Å². The van der Waals surface area contributed by atoms with Crippen molar-refractivity contribution in [2.45, 2.75) is 37.6 Å². The second-order valence-corrected chi connectivity index (χ2v) is 10.3. The molecule has 3 aromatic rings. The molecule has 1 aliphatic heterocycles. The van der Waals surface area contributed by atoms with Gasteiger partial charge in [-0.05, 0) is 38.5 Å². The van der Waals surface area contributed by atoms with E-state index in [1.807, 2.05) is 60.9 Å². The van der Waals surface area contributed by atoms with E-state index in [0.717, 1.165) is 5.56 Å². The van der Waals surface area contributed by atoms with Gasteiger partial charge in [0.15, 0.2) is 5.16 Å². The zero-order valence-electron chi connectivity index (χ0n) is 20.6. The van der Waals surface area contributed by atoms with E-state index in [1.54, 1.807) is 23.7 Å². The number of carbonyl (C=O) groups is 1. The van der Waals surface area contributed by atoms with Crippen molar-refractivity contribution in [2.75, 3.05) is 31.1 Å². The molecule has 0 bridgehead atoms. The first-order valence-electron chi connectivity index (χ1n) is 11.8. The van der Waals surface area contributed by atoms with Crippen LogP contribution in [0.5, 0.6) is 0 Å². The summed E-state index contributed by atoms with van der Waals surface area (Å²) >= 11 is 1.30. The molecule has 1 saturated heterocycles. The molecule has 0 saturated carbocycles. The number of para-hydroxylation sites is 1. The van der Waals surface area contributed by atoms with Crippen LogP contribution in [0.15, 0.2) is 58.5 Å². The fourth-order valence-corrected chi connectivity index (χ4v) is 5.29. The molecule has 6 nitrogen and oxygen atoms in total. The quantitative estimate of drug-likeness (QED) is 0.384. The molecule has 35 heavy (non-hydrogen) atoms. The molecule has 0 aliphatic carbocycles. The summed E-state index contributed by atoms with van der Waals surface area (Å²) in [5.74, 6) is -0.247. The van der Waals surface area contributed by atoms with E-state index >= 15 is 0 Å². The Labute approximate surface area is 209 Å². The minimum Gasteiger partial charge on any atom is -0.366 e. The molecule has 1 atom stereocenters. The molecule has 1 amide bonds. The van der Waals surface area contributed by atoms with Crippen LogP contribution in [0.1, 0.15) is 29.3 Å². The topological polar surface area (TPSA) is 58.4 Å². The Kier molecular flexibility index (Phi) is 7.60. The van der Waals surface area contributed by atoms with Crippen molar-refractivity contribution in [1.29, 1.82) is 0 Å². The summed E-state index contributed by atoms with van der Waals surface area (Å²) in [5.41, 5.74) is 4.09. The lowest BCUT2D eigenvalue weighted by molar-refractivity contribution is -0.130. The molecule has 1 aliphatic rings. The number of halogens is 1. The van der Waals surface area contributed by atoms with Gasteiger partial charge in [0.1, 0.15) is 5.82 Å². The highest BCUT2D eigenvalue weighted by atomic mass is 32.2. The first kappa shape index (κ1) is 25.0. The highest BCUT2D eigenvalue weighted by Gasteiger charge is 2.27. The summed E-state index contributed by atoms with van der Waals surface area (Å²) in [7, 11) is 1.71. The lowest BCUT2D eigenvalue weighted by Gasteiger charge is -2.37. The molecule has 8 heteroatoms. The number of aromatic nitrogens is 2. The van der Waals surface area contributed by atoms with Crippen molar-refractivity contribution in [1.82, 2.24) is 14.5 Å². The number of carbonyl (C=O) groups excluding carboxylic acids is 1. The first-order chi connectivity index (χ1) is 16.7. The predicted octanol–water partition coefficient (Wildman–Crippen LogP) is 3.96. The van der Waals surface area contributed by atoms with Crippen LogP contribution >= 0.6 is 11.8 Å². The first-order valence-corrected chi connectivity index (χ1v) is 12.7. The van der Waals surface area contributed by atoms with Gasteiger partial charge in [-0.3, -0.25) is 14.2 Å². The number of amides is 1. The van der Waals surface area contributed by atoms with Crippen LogP contribution in [-0.2, 0) is 18.3 Å². The number of nitrogens with zero attached hydrogens (tertiary/aromatic N) is 4. The van der Waals surface area contributed by atoms with Crippen molar-refractivity contribution in [2.24, 2.45) is 7.05 Å². The van der Waals surface area contributed by atoms with E-state index in [-0.39, 0.29) is 17.3 Å². The summed E-state index contributed by atoms with van der Waals surface area (Å²) < 4.78 is 15.7. The van der Waals surface area contributed by atoms with Gasteiger partial charge < -0.3 is 9.80 Å². The van der Waals surface area contributed by atoms with Crippen LogP contribution in [0.2, 0.25) is 0 Å². The van der Waals surface area contributed by atoms with Gasteiger partial charge in [0.2, 0.25) is 5.91 Å².